The number of hydrogen-bond donors (Lipinski definition) is 1. The predicted octanol–water partition coefficient (Wildman–Crippen LogP) is 4.02. The molecule has 0 atom stereocenters. The molecule has 1 aliphatic carbocycles. The number of benzene rings is 1. The summed E-state index contributed by atoms with van der Waals surface area (Å²) in [4.78, 5) is 15.1. The zero-order valence-electron chi connectivity index (χ0n) is 17.3. The zero-order valence-corrected chi connectivity index (χ0v) is 17.3. The summed E-state index contributed by atoms with van der Waals surface area (Å²) in [5, 5.41) is 3.19. The third-order valence-electron chi connectivity index (χ3n) is 6.24. The Morgan fingerprint density at radius 3 is 2.39 bits per heavy atom. The Kier molecular flexibility index (Phi) is 7.37. The first-order valence-corrected chi connectivity index (χ1v) is 10.6. The maximum Gasteiger partial charge on any atom is 0.244 e. The van der Waals surface area contributed by atoms with E-state index in [0.717, 1.165) is 12.1 Å². The Bertz CT molecular complexity index is 674. The lowest BCUT2D eigenvalue weighted by Gasteiger charge is -2.48. The molecule has 5 heteroatoms. The molecule has 0 radical (unpaired) electrons. The molecular formula is C23H34N2O3. The second-order valence-electron chi connectivity index (χ2n) is 8.00. The zero-order chi connectivity index (χ0) is 19.8. The number of methoxy groups -OCH3 is 2. The van der Waals surface area contributed by atoms with Gasteiger partial charge in [-0.2, -0.15) is 0 Å². The number of likely N-dealkylation sites (tertiary alicyclic amines) is 1. The fraction of sp³-hybridized carbons (Fsp3) is 0.609. The van der Waals surface area contributed by atoms with E-state index in [4.69, 9.17) is 9.47 Å². The monoisotopic (exact) mass is 386 g/mol. The summed E-state index contributed by atoms with van der Waals surface area (Å²) >= 11 is 0. The number of ether oxygens (including phenoxy) is 2. The van der Waals surface area contributed by atoms with Crippen molar-refractivity contribution >= 4 is 12.0 Å². The van der Waals surface area contributed by atoms with Gasteiger partial charge in [0.25, 0.3) is 0 Å². The molecule has 1 saturated heterocycles. The third-order valence-corrected chi connectivity index (χ3v) is 6.24. The van der Waals surface area contributed by atoms with Crippen molar-refractivity contribution in [2.45, 2.75) is 56.9 Å². The van der Waals surface area contributed by atoms with Crippen LogP contribution >= 0.6 is 0 Å². The van der Waals surface area contributed by atoms with Gasteiger partial charge < -0.3 is 14.8 Å². The van der Waals surface area contributed by atoms with Crippen molar-refractivity contribution in [2.75, 3.05) is 33.9 Å². The van der Waals surface area contributed by atoms with Gasteiger partial charge in [-0.3, -0.25) is 9.69 Å². The lowest BCUT2D eigenvalue weighted by Crippen LogP contribution is -2.58. The lowest BCUT2D eigenvalue weighted by atomic mass is 9.79. The number of piperidine rings is 1. The fourth-order valence-corrected chi connectivity index (χ4v) is 4.62. The van der Waals surface area contributed by atoms with Crippen LogP contribution in [0.2, 0.25) is 0 Å². The Hall–Kier alpha value is -2.01. The van der Waals surface area contributed by atoms with Crippen LogP contribution in [0.15, 0.2) is 24.3 Å². The number of rotatable bonds is 7. The largest absolute Gasteiger partial charge is 0.493 e. The van der Waals surface area contributed by atoms with Gasteiger partial charge in [-0.25, -0.2) is 0 Å². The molecule has 1 amide bonds. The minimum atomic E-state index is -0.0308. The van der Waals surface area contributed by atoms with Crippen LogP contribution in [-0.2, 0) is 4.79 Å². The first kappa shape index (κ1) is 20.7. The highest BCUT2D eigenvalue weighted by atomic mass is 16.5. The molecular weight excluding hydrogens is 352 g/mol. The molecule has 1 aromatic rings. The minimum absolute atomic E-state index is 0.0308. The standard InChI is InChI=1S/C23H34N2O3/c1-27-20-11-9-19(17-21(20)28-2)10-12-22(26)24-18-23(13-5-3-6-14-23)25-15-7-4-8-16-25/h9-12,17H,3-8,13-16,18H2,1-2H3,(H,24,26)/b12-10+. The van der Waals surface area contributed by atoms with E-state index in [1.165, 1.54) is 64.5 Å². The van der Waals surface area contributed by atoms with Crippen LogP contribution in [0.3, 0.4) is 0 Å². The average molecular weight is 387 g/mol. The van der Waals surface area contributed by atoms with Gasteiger partial charge in [-0.1, -0.05) is 31.7 Å². The number of hydrogen-bond acceptors (Lipinski definition) is 4. The smallest absolute Gasteiger partial charge is 0.244 e. The molecule has 0 spiro atoms. The molecule has 1 saturated carbocycles. The summed E-state index contributed by atoms with van der Waals surface area (Å²) in [5.41, 5.74) is 1.07. The highest BCUT2D eigenvalue weighted by Gasteiger charge is 2.38. The summed E-state index contributed by atoms with van der Waals surface area (Å²) in [6.45, 7) is 3.11. The van der Waals surface area contributed by atoms with Crippen LogP contribution in [-0.4, -0.2) is 50.2 Å². The van der Waals surface area contributed by atoms with E-state index in [0.29, 0.717) is 11.5 Å². The normalized spacial score (nSPS) is 20.1. The molecule has 0 unspecified atom stereocenters. The van der Waals surface area contributed by atoms with Crippen LogP contribution in [0.25, 0.3) is 6.08 Å². The molecule has 154 valence electrons. The average Bonchev–Trinajstić information content (AvgIpc) is 2.77. The van der Waals surface area contributed by atoms with E-state index in [1.807, 2.05) is 24.3 Å². The van der Waals surface area contributed by atoms with Crippen LogP contribution in [0, 0.1) is 0 Å². The van der Waals surface area contributed by atoms with E-state index in [-0.39, 0.29) is 11.4 Å². The first-order valence-electron chi connectivity index (χ1n) is 10.6. The van der Waals surface area contributed by atoms with Gasteiger partial charge in [0.05, 0.1) is 14.2 Å². The summed E-state index contributed by atoms with van der Waals surface area (Å²) < 4.78 is 10.6. The summed E-state index contributed by atoms with van der Waals surface area (Å²) in [6, 6.07) is 5.64. The van der Waals surface area contributed by atoms with E-state index in [9.17, 15) is 4.79 Å². The topological polar surface area (TPSA) is 50.8 Å². The molecule has 3 rings (SSSR count). The number of carbonyl (C=O) groups is 1. The Morgan fingerprint density at radius 2 is 1.71 bits per heavy atom. The van der Waals surface area contributed by atoms with Crippen molar-refractivity contribution in [3.8, 4) is 11.5 Å². The number of carbonyl (C=O) groups excluding carboxylic acids is 1. The van der Waals surface area contributed by atoms with Gasteiger partial charge in [0, 0.05) is 18.2 Å². The van der Waals surface area contributed by atoms with Crippen molar-refractivity contribution in [3.63, 3.8) is 0 Å². The molecule has 5 nitrogen and oxygen atoms in total. The number of amides is 1. The van der Waals surface area contributed by atoms with Crippen LogP contribution in [0.4, 0.5) is 0 Å². The van der Waals surface area contributed by atoms with Crippen molar-refractivity contribution in [3.05, 3.63) is 29.8 Å². The van der Waals surface area contributed by atoms with E-state index in [2.05, 4.69) is 10.2 Å². The molecule has 1 N–H and O–H groups in total. The first-order chi connectivity index (χ1) is 13.7. The molecule has 0 bridgehead atoms. The third kappa shape index (κ3) is 5.07. The van der Waals surface area contributed by atoms with Crippen molar-refractivity contribution in [1.29, 1.82) is 0 Å². The van der Waals surface area contributed by atoms with Crippen molar-refractivity contribution in [2.24, 2.45) is 0 Å². The maximum atomic E-state index is 12.5. The maximum absolute atomic E-state index is 12.5. The second kappa shape index (κ2) is 9.97. The molecule has 2 aliphatic rings. The molecule has 1 aromatic carbocycles. The molecule has 0 aromatic heterocycles. The number of nitrogens with one attached hydrogen (secondary N) is 1. The van der Waals surface area contributed by atoms with Gasteiger partial charge in [0.1, 0.15) is 0 Å². The predicted molar refractivity (Wildman–Crippen MR) is 113 cm³/mol. The van der Waals surface area contributed by atoms with Gasteiger partial charge in [0.15, 0.2) is 11.5 Å². The van der Waals surface area contributed by atoms with E-state index in [1.54, 1.807) is 20.3 Å². The Morgan fingerprint density at radius 1 is 1.04 bits per heavy atom. The summed E-state index contributed by atoms with van der Waals surface area (Å²) in [6.07, 6.45) is 13.6. The molecule has 1 aliphatic heterocycles. The van der Waals surface area contributed by atoms with Crippen LogP contribution in [0.5, 0.6) is 11.5 Å². The Balaban J connectivity index is 1.60. The molecule has 1 heterocycles. The van der Waals surface area contributed by atoms with Gasteiger partial charge in [-0.15, -0.1) is 0 Å². The van der Waals surface area contributed by atoms with E-state index >= 15 is 0 Å². The lowest BCUT2D eigenvalue weighted by molar-refractivity contribution is -0.117. The van der Waals surface area contributed by atoms with Crippen LogP contribution < -0.4 is 14.8 Å². The van der Waals surface area contributed by atoms with Gasteiger partial charge in [-0.05, 0) is 62.5 Å². The SMILES string of the molecule is COc1ccc(/C=C/C(=O)NCC2(N3CCCCC3)CCCCC2)cc1OC. The summed E-state index contributed by atoms with van der Waals surface area (Å²) in [5.74, 6) is 1.32. The highest BCUT2D eigenvalue weighted by Crippen LogP contribution is 2.35. The second-order valence-corrected chi connectivity index (χ2v) is 8.00. The van der Waals surface area contributed by atoms with Crippen molar-refractivity contribution in [1.82, 2.24) is 10.2 Å². The minimum Gasteiger partial charge on any atom is -0.493 e. The quantitative estimate of drug-likeness (QED) is 0.719. The number of nitrogens with zero attached hydrogens (tertiary/aromatic N) is 1. The fourth-order valence-electron chi connectivity index (χ4n) is 4.62. The van der Waals surface area contributed by atoms with Gasteiger partial charge in [0.2, 0.25) is 5.91 Å². The highest BCUT2D eigenvalue weighted by molar-refractivity contribution is 5.91. The Labute approximate surface area is 169 Å². The molecule has 2 fully saturated rings. The molecule has 28 heavy (non-hydrogen) atoms. The van der Waals surface area contributed by atoms with Gasteiger partial charge >= 0.3 is 0 Å². The summed E-state index contributed by atoms with van der Waals surface area (Å²) in [7, 11) is 3.23. The van der Waals surface area contributed by atoms with Crippen LogP contribution in [0.1, 0.15) is 56.9 Å². The van der Waals surface area contributed by atoms with E-state index < -0.39 is 0 Å². The van der Waals surface area contributed by atoms with Crippen molar-refractivity contribution < 1.29 is 14.3 Å².